The highest BCUT2D eigenvalue weighted by atomic mass is 16.5. The van der Waals surface area contributed by atoms with Crippen molar-refractivity contribution >= 4 is 22.7 Å². The summed E-state index contributed by atoms with van der Waals surface area (Å²) < 4.78 is 7.47. The van der Waals surface area contributed by atoms with E-state index >= 15 is 0 Å². The molecule has 1 saturated heterocycles. The molecule has 144 valence electrons. The number of aromatic nitrogens is 1. The maximum atomic E-state index is 13.0. The van der Waals surface area contributed by atoms with Crippen LogP contribution in [0.1, 0.15) is 10.5 Å². The van der Waals surface area contributed by atoms with Crippen molar-refractivity contribution in [2.24, 2.45) is 7.05 Å². The Balaban J connectivity index is 1.35. The first kappa shape index (κ1) is 18.1. The molecule has 6 heteroatoms. The molecule has 0 bridgehead atoms. The molecule has 0 spiro atoms. The quantitative estimate of drug-likeness (QED) is 0.702. The van der Waals surface area contributed by atoms with Crippen molar-refractivity contribution in [3.05, 3.63) is 66.4 Å². The summed E-state index contributed by atoms with van der Waals surface area (Å²) in [7, 11) is 1.91. The van der Waals surface area contributed by atoms with Crippen molar-refractivity contribution < 1.29 is 14.3 Å². The third kappa shape index (κ3) is 3.58. The van der Waals surface area contributed by atoms with Crippen molar-refractivity contribution in [2.75, 3.05) is 32.8 Å². The van der Waals surface area contributed by atoms with Crippen LogP contribution >= 0.6 is 0 Å². The van der Waals surface area contributed by atoms with Crippen LogP contribution in [0.25, 0.3) is 10.9 Å². The second-order valence-electron chi connectivity index (χ2n) is 6.92. The lowest BCUT2D eigenvalue weighted by Crippen LogP contribution is -2.51. The van der Waals surface area contributed by atoms with E-state index in [0.717, 1.165) is 10.9 Å². The molecule has 0 saturated carbocycles. The molecule has 6 nitrogen and oxygen atoms in total. The number of ether oxygens (including phenoxy) is 1. The number of para-hydroxylation sites is 2. The first-order chi connectivity index (χ1) is 13.6. The van der Waals surface area contributed by atoms with Gasteiger partial charge >= 0.3 is 0 Å². The lowest BCUT2D eigenvalue weighted by molar-refractivity contribution is -0.134. The number of fused-ring (bicyclic) bond motifs is 1. The predicted octanol–water partition coefficient (Wildman–Crippen LogP) is 2.54. The van der Waals surface area contributed by atoms with Gasteiger partial charge < -0.3 is 19.1 Å². The minimum absolute atomic E-state index is 0.00587. The summed E-state index contributed by atoms with van der Waals surface area (Å²) in [5.41, 5.74) is 1.71. The van der Waals surface area contributed by atoms with Crippen LogP contribution in [0, 0.1) is 0 Å². The normalized spacial score (nSPS) is 14.3. The van der Waals surface area contributed by atoms with E-state index in [1.807, 2.05) is 77.2 Å². The fourth-order valence-electron chi connectivity index (χ4n) is 3.57. The Hall–Kier alpha value is -3.28. The zero-order chi connectivity index (χ0) is 19.5. The highest BCUT2D eigenvalue weighted by Crippen LogP contribution is 2.20. The van der Waals surface area contributed by atoms with Crippen LogP contribution in [0.5, 0.6) is 5.75 Å². The fourth-order valence-corrected chi connectivity index (χ4v) is 3.57. The summed E-state index contributed by atoms with van der Waals surface area (Å²) in [6.45, 7) is 2.11. The van der Waals surface area contributed by atoms with Gasteiger partial charge in [0.25, 0.3) is 11.8 Å². The summed E-state index contributed by atoms with van der Waals surface area (Å²) >= 11 is 0. The van der Waals surface area contributed by atoms with Gasteiger partial charge in [-0.05, 0) is 24.3 Å². The molecule has 2 aromatic carbocycles. The average Bonchev–Trinajstić information content (AvgIpc) is 3.09. The van der Waals surface area contributed by atoms with Crippen LogP contribution in [0.3, 0.4) is 0 Å². The van der Waals surface area contributed by atoms with Crippen molar-refractivity contribution in [1.29, 1.82) is 0 Å². The van der Waals surface area contributed by atoms with Crippen molar-refractivity contribution in [2.45, 2.75) is 0 Å². The summed E-state index contributed by atoms with van der Waals surface area (Å²) in [4.78, 5) is 28.9. The summed E-state index contributed by atoms with van der Waals surface area (Å²) in [6, 6.07) is 19.2. The van der Waals surface area contributed by atoms with Crippen molar-refractivity contribution in [1.82, 2.24) is 14.4 Å². The Bertz CT molecular complexity index is 989. The number of hydrogen-bond donors (Lipinski definition) is 0. The number of carbonyl (C=O) groups excluding carboxylic acids is 2. The molecule has 0 radical (unpaired) electrons. The molecule has 1 aromatic heterocycles. The largest absolute Gasteiger partial charge is 0.484 e. The Kier molecular flexibility index (Phi) is 5.02. The molecular formula is C22H23N3O3. The number of amides is 2. The summed E-state index contributed by atoms with van der Waals surface area (Å²) in [5.74, 6) is 0.632. The number of carbonyl (C=O) groups is 2. The van der Waals surface area contributed by atoms with Gasteiger partial charge in [0, 0.05) is 44.1 Å². The zero-order valence-corrected chi connectivity index (χ0v) is 15.9. The first-order valence-corrected chi connectivity index (χ1v) is 9.43. The second-order valence-corrected chi connectivity index (χ2v) is 6.92. The minimum atomic E-state index is -0.0550. The van der Waals surface area contributed by atoms with Gasteiger partial charge in [-0.25, -0.2) is 0 Å². The van der Waals surface area contributed by atoms with Gasteiger partial charge in [-0.2, -0.15) is 0 Å². The summed E-state index contributed by atoms with van der Waals surface area (Å²) in [5, 5.41) is 1.06. The van der Waals surface area contributed by atoms with E-state index in [-0.39, 0.29) is 18.4 Å². The third-order valence-electron chi connectivity index (χ3n) is 5.20. The molecule has 0 unspecified atom stereocenters. The number of nitrogens with zero attached hydrogens (tertiary/aromatic N) is 3. The third-order valence-corrected chi connectivity index (χ3v) is 5.20. The number of rotatable bonds is 4. The lowest BCUT2D eigenvalue weighted by atomic mass is 10.2. The van der Waals surface area contributed by atoms with E-state index in [9.17, 15) is 9.59 Å². The highest BCUT2D eigenvalue weighted by Gasteiger charge is 2.26. The molecule has 1 aliphatic rings. The Morgan fingerprint density at radius 3 is 2.25 bits per heavy atom. The Morgan fingerprint density at radius 2 is 1.54 bits per heavy atom. The molecular weight excluding hydrogens is 354 g/mol. The molecule has 2 heterocycles. The number of benzene rings is 2. The minimum Gasteiger partial charge on any atom is -0.484 e. The Labute approximate surface area is 163 Å². The summed E-state index contributed by atoms with van der Waals surface area (Å²) in [6.07, 6.45) is 0. The number of hydrogen-bond acceptors (Lipinski definition) is 3. The molecule has 1 aliphatic heterocycles. The average molecular weight is 377 g/mol. The SMILES string of the molecule is Cn1c(C(=O)N2CCN(C(=O)COc3ccccc3)CC2)cc2ccccc21. The second kappa shape index (κ2) is 7.76. The van der Waals surface area contributed by atoms with E-state index < -0.39 is 0 Å². The fraction of sp³-hybridized carbons (Fsp3) is 0.273. The van der Waals surface area contributed by atoms with Crippen LogP contribution in [-0.4, -0.2) is 59.0 Å². The maximum Gasteiger partial charge on any atom is 0.270 e. The van der Waals surface area contributed by atoms with Gasteiger partial charge in [0.05, 0.1) is 0 Å². The van der Waals surface area contributed by atoms with Crippen LogP contribution in [0.2, 0.25) is 0 Å². The molecule has 0 N–H and O–H groups in total. The van der Waals surface area contributed by atoms with Crippen LogP contribution in [0.15, 0.2) is 60.7 Å². The topological polar surface area (TPSA) is 54.8 Å². The predicted molar refractivity (Wildman–Crippen MR) is 107 cm³/mol. The van der Waals surface area contributed by atoms with Gasteiger partial charge in [-0.15, -0.1) is 0 Å². The monoisotopic (exact) mass is 377 g/mol. The molecule has 1 fully saturated rings. The van der Waals surface area contributed by atoms with E-state index in [1.165, 1.54) is 0 Å². The van der Waals surface area contributed by atoms with Crippen molar-refractivity contribution in [3.63, 3.8) is 0 Å². The van der Waals surface area contributed by atoms with E-state index in [0.29, 0.717) is 37.6 Å². The number of piperazine rings is 1. The maximum absolute atomic E-state index is 13.0. The number of aryl methyl sites for hydroxylation is 1. The van der Waals surface area contributed by atoms with E-state index in [2.05, 4.69) is 0 Å². The molecule has 28 heavy (non-hydrogen) atoms. The lowest BCUT2D eigenvalue weighted by Gasteiger charge is -2.34. The molecule has 3 aromatic rings. The van der Waals surface area contributed by atoms with Gasteiger partial charge in [0.2, 0.25) is 0 Å². The van der Waals surface area contributed by atoms with Crippen molar-refractivity contribution in [3.8, 4) is 5.75 Å². The first-order valence-electron chi connectivity index (χ1n) is 9.43. The van der Waals surface area contributed by atoms with Crippen LogP contribution in [0.4, 0.5) is 0 Å². The standard InChI is InChI=1S/C22H23N3O3/c1-23-19-10-6-5-7-17(19)15-20(23)22(27)25-13-11-24(12-14-25)21(26)16-28-18-8-3-2-4-9-18/h2-10,15H,11-14,16H2,1H3. The van der Waals surface area contributed by atoms with Gasteiger partial charge in [-0.3, -0.25) is 9.59 Å². The molecule has 0 aliphatic carbocycles. The Morgan fingerprint density at radius 1 is 0.893 bits per heavy atom. The smallest absolute Gasteiger partial charge is 0.270 e. The van der Waals surface area contributed by atoms with Gasteiger partial charge in [0.1, 0.15) is 11.4 Å². The zero-order valence-electron chi connectivity index (χ0n) is 15.9. The highest BCUT2D eigenvalue weighted by molar-refractivity contribution is 5.98. The molecule has 2 amide bonds. The van der Waals surface area contributed by atoms with Crippen LogP contribution < -0.4 is 4.74 Å². The molecule has 4 rings (SSSR count). The van der Waals surface area contributed by atoms with E-state index in [1.54, 1.807) is 4.90 Å². The van der Waals surface area contributed by atoms with Crippen LogP contribution in [-0.2, 0) is 11.8 Å². The van der Waals surface area contributed by atoms with Gasteiger partial charge in [0.15, 0.2) is 6.61 Å². The van der Waals surface area contributed by atoms with E-state index in [4.69, 9.17) is 4.74 Å². The van der Waals surface area contributed by atoms with Gasteiger partial charge in [-0.1, -0.05) is 36.4 Å². The molecule has 0 atom stereocenters.